The van der Waals surface area contributed by atoms with Crippen LogP contribution in [0.15, 0.2) is 24.5 Å². The number of nitrogens with zero attached hydrogens (tertiary/aromatic N) is 1. The summed E-state index contributed by atoms with van der Waals surface area (Å²) in [7, 11) is 0. The SMILES string of the molecule is CC1CC(NC(=O)C(C)c2cccnc2)CCN1.Cl.Cl. The number of carbonyl (C=O) groups excluding carboxylic acids is 1. The fraction of sp³-hybridized carbons (Fsp3) is 0.571. The zero-order chi connectivity index (χ0) is 13.0. The van der Waals surface area contributed by atoms with E-state index in [4.69, 9.17) is 0 Å². The fourth-order valence-electron chi connectivity index (χ4n) is 2.37. The molecule has 1 amide bonds. The molecular weight excluding hydrogens is 297 g/mol. The van der Waals surface area contributed by atoms with Crippen molar-refractivity contribution < 1.29 is 4.79 Å². The molecule has 114 valence electrons. The number of hydrogen-bond donors (Lipinski definition) is 2. The maximum atomic E-state index is 12.2. The number of hydrogen-bond acceptors (Lipinski definition) is 3. The zero-order valence-corrected chi connectivity index (χ0v) is 13.5. The second-order valence-corrected chi connectivity index (χ2v) is 5.09. The zero-order valence-electron chi connectivity index (χ0n) is 11.8. The van der Waals surface area contributed by atoms with E-state index in [0.717, 1.165) is 24.9 Å². The number of rotatable bonds is 3. The Balaban J connectivity index is 0.00000180. The van der Waals surface area contributed by atoms with E-state index in [1.165, 1.54) is 0 Å². The number of halogens is 2. The predicted octanol–water partition coefficient (Wildman–Crippen LogP) is 2.29. The van der Waals surface area contributed by atoms with Crippen molar-refractivity contribution in [2.24, 2.45) is 0 Å². The molecule has 20 heavy (non-hydrogen) atoms. The molecule has 1 saturated heterocycles. The summed E-state index contributed by atoms with van der Waals surface area (Å²) < 4.78 is 0. The van der Waals surface area contributed by atoms with Crippen LogP contribution in [0.3, 0.4) is 0 Å². The first-order valence-corrected chi connectivity index (χ1v) is 6.60. The Morgan fingerprint density at radius 1 is 1.50 bits per heavy atom. The highest BCUT2D eigenvalue weighted by Crippen LogP contribution is 2.15. The van der Waals surface area contributed by atoms with Gasteiger partial charge in [-0.25, -0.2) is 0 Å². The Hall–Kier alpha value is -0.840. The number of piperidine rings is 1. The van der Waals surface area contributed by atoms with Gasteiger partial charge in [-0.1, -0.05) is 6.07 Å². The molecule has 2 heterocycles. The van der Waals surface area contributed by atoms with E-state index >= 15 is 0 Å². The molecule has 0 bridgehead atoms. The van der Waals surface area contributed by atoms with Crippen molar-refractivity contribution in [3.63, 3.8) is 0 Å². The Morgan fingerprint density at radius 3 is 2.85 bits per heavy atom. The first-order valence-electron chi connectivity index (χ1n) is 6.60. The van der Waals surface area contributed by atoms with Crippen LogP contribution in [0.4, 0.5) is 0 Å². The third-order valence-electron chi connectivity index (χ3n) is 3.55. The van der Waals surface area contributed by atoms with Gasteiger partial charge in [0, 0.05) is 24.5 Å². The van der Waals surface area contributed by atoms with E-state index < -0.39 is 0 Å². The van der Waals surface area contributed by atoms with Crippen molar-refractivity contribution in [3.8, 4) is 0 Å². The summed E-state index contributed by atoms with van der Waals surface area (Å²) >= 11 is 0. The van der Waals surface area contributed by atoms with E-state index in [-0.39, 0.29) is 36.6 Å². The molecule has 0 spiro atoms. The van der Waals surface area contributed by atoms with Crippen molar-refractivity contribution >= 4 is 30.7 Å². The summed E-state index contributed by atoms with van der Waals surface area (Å²) in [4.78, 5) is 16.2. The minimum atomic E-state index is -0.135. The lowest BCUT2D eigenvalue weighted by Gasteiger charge is -2.29. The molecule has 1 fully saturated rings. The second kappa shape index (κ2) is 9.16. The third kappa shape index (κ3) is 5.27. The van der Waals surface area contributed by atoms with E-state index in [0.29, 0.717) is 12.1 Å². The highest BCUT2D eigenvalue weighted by Gasteiger charge is 2.23. The molecule has 6 heteroatoms. The molecule has 0 radical (unpaired) electrons. The van der Waals surface area contributed by atoms with Gasteiger partial charge >= 0.3 is 0 Å². The summed E-state index contributed by atoms with van der Waals surface area (Å²) in [5.74, 6) is -0.0361. The van der Waals surface area contributed by atoms with Crippen molar-refractivity contribution in [1.82, 2.24) is 15.6 Å². The minimum absolute atomic E-state index is 0. The van der Waals surface area contributed by atoms with Crippen LogP contribution in [-0.4, -0.2) is 29.5 Å². The van der Waals surface area contributed by atoms with Gasteiger partial charge < -0.3 is 10.6 Å². The van der Waals surface area contributed by atoms with Crippen molar-refractivity contribution in [2.75, 3.05) is 6.54 Å². The van der Waals surface area contributed by atoms with E-state index in [9.17, 15) is 4.79 Å². The molecule has 4 nitrogen and oxygen atoms in total. The number of carbonyl (C=O) groups is 1. The first-order chi connectivity index (χ1) is 8.66. The quantitative estimate of drug-likeness (QED) is 0.898. The first kappa shape index (κ1) is 19.2. The van der Waals surface area contributed by atoms with Crippen molar-refractivity contribution in [2.45, 2.75) is 44.7 Å². The summed E-state index contributed by atoms with van der Waals surface area (Å²) in [6.07, 6.45) is 5.50. The van der Waals surface area contributed by atoms with Gasteiger partial charge in [-0.2, -0.15) is 0 Å². The summed E-state index contributed by atoms with van der Waals surface area (Å²) in [5, 5.41) is 6.53. The van der Waals surface area contributed by atoms with Gasteiger partial charge in [-0.05, 0) is 44.9 Å². The van der Waals surface area contributed by atoms with Gasteiger partial charge in [0.1, 0.15) is 0 Å². The number of amides is 1. The lowest BCUT2D eigenvalue weighted by molar-refractivity contribution is -0.123. The van der Waals surface area contributed by atoms with Crippen LogP contribution < -0.4 is 10.6 Å². The summed E-state index contributed by atoms with van der Waals surface area (Å²) in [6.45, 7) is 5.06. The maximum absolute atomic E-state index is 12.2. The Bertz CT molecular complexity index is 403. The van der Waals surface area contributed by atoms with Crippen molar-refractivity contribution in [3.05, 3.63) is 30.1 Å². The average molecular weight is 320 g/mol. The van der Waals surface area contributed by atoms with E-state index in [1.54, 1.807) is 12.4 Å². The van der Waals surface area contributed by atoms with Gasteiger partial charge in [-0.3, -0.25) is 9.78 Å². The van der Waals surface area contributed by atoms with Gasteiger partial charge in [0.2, 0.25) is 5.91 Å². The van der Waals surface area contributed by atoms with Gasteiger partial charge in [-0.15, -0.1) is 24.8 Å². The maximum Gasteiger partial charge on any atom is 0.227 e. The van der Waals surface area contributed by atoms with Crippen LogP contribution in [-0.2, 0) is 4.79 Å². The molecule has 0 saturated carbocycles. The lowest BCUT2D eigenvalue weighted by Crippen LogP contribution is -2.47. The predicted molar refractivity (Wildman–Crippen MR) is 85.8 cm³/mol. The molecular formula is C14H23Cl2N3O. The summed E-state index contributed by atoms with van der Waals surface area (Å²) in [5.41, 5.74) is 0.969. The molecule has 2 N–H and O–H groups in total. The Kier molecular flexibility index (Phi) is 8.78. The topological polar surface area (TPSA) is 54.0 Å². The Morgan fingerprint density at radius 2 is 2.25 bits per heavy atom. The van der Waals surface area contributed by atoms with E-state index in [2.05, 4.69) is 22.5 Å². The largest absolute Gasteiger partial charge is 0.353 e. The highest BCUT2D eigenvalue weighted by atomic mass is 35.5. The van der Waals surface area contributed by atoms with Gasteiger partial charge in [0.05, 0.1) is 5.92 Å². The minimum Gasteiger partial charge on any atom is -0.353 e. The smallest absolute Gasteiger partial charge is 0.227 e. The molecule has 1 aromatic heterocycles. The molecule has 1 aromatic rings. The highest BCUT2D eigenvalue weighted by molar-refractivity contribution is 5.85. The molecule has 1 aliphatic rings. The molecule has 0 aromatic carbocycles. The molecule has 0 aliphatic carbocycles. The van der Waals surface area contributed by atoms with Gasteiger partial charge in [0.15, 0.2) is 0 Å². The number of pyridine rings is 1. The van der Waals surface area contributed by atoms with Crippen LogP contribution in [0.5, 0.6) is 0 Å². The second-order valence-electron chi connectivity index (χ2n) is 5.09. The summed E-state index contributed by atoms with van der Waals surface area (Å²) in [6, 6.07) is 4.60. The normalized spacial score (nSPS) is 22.9. The van der Waals surface area contributed by atoms with Crippen LogP contribution in [0.1, 0.15) is 38.2 Å². The monoisotopic (exact) mass is 319 g/mol. The molecule has 3 unspecified atom stereocenters. The number of nitrogens with one attached hydrogen (secondary N) is 2. The van der Waals surface area contributed by atoms with Gasteiger partial charge in [0.25, 0.3) is 0 Å². The standard InChI is InChI=1S/C14H21N3O.2ClH/c1-10-8-13(5-7-16-10)17-14(18)11(2)12-4-3-6-15-9-12;;/h3-4,6,9-11,13,16H,5,7-8H2,1-2H3,(H,17,18);2*1H. The number of aromatic nitrogens is 1. The van der Waals surface area contributed by atoms with Crippen molar-refractivity contribution in [1.29, 1.82) is 0 Å². The average Bonchev–Trinajstić information content (AvgIpc) is 2.39. The van der Waals surface area contributed by atoms with Crippen LogP contribution >= 0.6 is 24.8 Å². The van der Waals surface area contributed by atoms with Crippen LogP contribution in [0.25, 0.3) is 0 Å². The third-order valence-corrected chi connectivity index (χ3v) is 3.55. The Labute approximate surface area is 132 Å². The van der Waals surface area contributed by atoms with Crippen LogP contribution in [0, 0.1) is 0 Å². The molecule has 1 aliphatic heterocycles. The van der Waals surface area contributed by atoms with E-state index in [1.807, 2.05) is 19.1 Å². The lowest BCUT2D eigenvalue weighted by atomic mass is 9.98. The fourth-order valence-corrected chi connectivity index (χ4v) is 2.37. The van der Waals surface area contributed by atoms with Crippen LogP contribution in [0.2, 0.25) is 0 Å². The molecule has 3 atom stereocenters. The molecule has 2 rings (SSSR count).